The standard InChI is InChI=1S/C11H15NO3/c1-8(10(12)11(13)14)15-7-9-5-3-2-4-6-9/h2-6,8,10H,7,12H2,1H3,(H,13,14)/t8?,10-/m1/s1. The van der Waals surface area contributed by atoms with Crippen molar-refractivity contribution in [2.24, 2.45) is 5.73 Å². The van der Waals surface area contributed by atoms with Crippen LogP contribution in [0.1, 0.15) is 12.5 Å². The van der Waals surface area contributed by atoms with E-state index in [0.29, 0.717) is 6.61 Å². The van der Waals surface area contributed by atoms with E-state index in [1.165, 1.54) is 0 Å². The maximum atomic E-state index is 10.5. The molecule has 15 heavy (non-hydrogen) atoms. The maximum absolute atomic E-state index is 10.5. The van der Waals surface area contributed by atoms with Crippen LogP contribution in [0, 0.1) is 0 Å². The van der Waals surface area contributed by atoms with Crippen molar-refractivity contribution in [3.05, 3.63) is 35.9 Å². The highest BCUT2D eigenvalue weighted by Crippen LogP contribution is 2.05. The molecule has 4 heteroatoms. The van der Waals surface area contributed by atoms with Crippen LogP contribution in [0.4, 0.5) is 0 Å². The fourth-order valence-corrected chi connectivity index (χ4v) is 1.11. The first-order valence-electron chi connectivity index (χ1n) is 4.75. The number of carboxylic acids is 1. The maximum Gasteiger partial charge on any atom is 0.323 e. The molecule has 0 aliphatic rings. The van der Waals surface area contributed by atoms with Crippen molar-refractivity contribution in [3.8, 4) is 0 Å². The average molecular weight is 209 g/mol. The van der Waals surface area contributed by atoms with Gasteiger partial charge in [0.05, 0.1) is 12.7 Å². The second kappa shape index (κ2) is 5.48. The average Bonchev–Trinajstić information content (AvgIpc) is 2.26. The zero-order chi connectivity index (χ0) is 11.3. The molecule has 0 spiro atoms. The Hall–Kier alpha value is -1.39. The molecular weight excluding hydrogens is 194 g/mol. The van der Waals surface area contributed by atoms with Gasteiger partial charge in [0.1, 0.15) is 6.04 Å². The fraction of sp³-hybridized carbons (Fsp3) is 0.364. The highest BCUT2D eigenvalue weighted by atomic mass is 16.5. The van der Waals surface area contributed by atoms with Crippen LogP contribution in [0.3, 0.4) is 0 Å². The molecule has 0 bridgehead atoms. The van der Waals surface area contributed by atoms with Crippen molar-refractivity contribution in [2.75, 3.05) is 0 Å². The van der Waals surface area contributed by atoms with Crippen LogP contribution in [0.5, 0.6) is 0 Å². The molecule has 0 amide bonds. The number of hydrogen-bond donors (Lipinski definition) is 2. The molecule has 0 aliphatic heterocycles. The van der Waals surface area contributed by atoms with Crippen LogP contribution in [0.25, 0.3) is 0 Å². The number of aliphatic carboxylic acids is 1. The molecule has 3 N–H and O–H groups in total. The molecule has 82 valence electrons. The first kappa shape index (κ1) is 11.7. The largest absolute Gasteiger partial charge is 0.480 e. The van der Waals surface area contributed by atoms with Crippen LogP contribution in [-0.2, 0) is 16.1 Å². The summed E-state index contributed by atoms with van der Waals surface area (Å²) in [6.07, 6.45) is -0.497. The molecule has 0 saturated carbocycles. The van der Waals surface area contributed by atoms with Gasteiger partial charge in [-0.15, -0.1) is 0 Å². The summed E-state index contributed by atoms with van der Waals surface area (Å²) in [4.78, 5) is 10.5. The predicted octanol–water partition coefficient (Wildman–Crippen LogP) is 1.00. The molecule has 1 aromatic rings. The summed E-state index contributed by atoms with van der Waals surface area (Å²) in [7, 11) is 0. The van der Waals surface area contributed by atoms with Gasteiger partial charge in [-0.05, 0) is 12.5 Å². The second-order valence-electron chi connectivity index (χ2n) is 3.37. The van der Waals surface area contributed by atoms with Crippen LogP contribution >= 0.6 is 0 Å². The Morgan fingerprint density at radius 3 is 2.60 bits per heavy atom. The normalized spacial score (nSPS) is 14.5. The summed E-state index contributed by atoms with van der Waals surface area (Å²) in [5, 5.41) is 8.64. The van der Waals surface area contributed by atoms with Gasteiger partial charge in [0.2, 0.25) is 0 Å². The van der Waals surface area contributed by atoms with Crippen LogP contribution in [0.15, 0.2) is 30.3 Å². The Kier molecular flexibility index (Phi) is 4.27. The molecule has 0 heterocycles. The third-order valence-electron chi connectivity index (χ3n) is 2.15. The minimum Gasteiger partial charge on any atom is -0.480 e. The summed E-state index contributed by atoms with van der Waals surface area (Å²) in [5.41, 5.74) is 6.40. The topological polar surface area (TPSA) is 72.5 Å². The van der Waals surface area contributed by atoms with E-state index in [2.05, 4.69) is 0 Å². The first-order valence-corrected chi connectivity index (χ1v) is 4.75. The minimum atomic E-state index is -1.05. The Morgan fingerprint density at radius 2 is 2.07 bits per heavy atom. The third-order valence-corrected chi connectivity index (χ3v) is 2.15. The van der Waals surface area contributed by atoms with Gasteiger partial charge < -0.3 is 15.6 Å². The molecule has 4 nitrogen and oxygen atoms in total. The Bertz CT molecular complexity index is 313. The van der Waals surface area contributed by atoms with Crippen molar-refractivity contribution in [1.29, 1.82) is 0 Å². The van der Waals surface area contributed by atoms with Crippen molar-refractivity contribution < 1.29 is 14.6 Å². The van der Waals surface area contributed by atoms with E-state index in [4.69, 9.17) is 15.6 Å². The number of nitrogens with two attached hydrogens (primary N) is 1. The molecule has 0 saturated heterocycles. The third kappa shape index (κ3) is 3.69. The predicted molar refractivity (Wildman–Crippen MR) is 56.3 cm³/mol. The lowest BCUT2D eigenvalue weighted by molar-refractivity contribution is -0.142. The first-order chi connectivity index (χ1) is 7.11. The number of carboxylic acid groups (broad SMARTS) is 1. The lowest BCUT2D eigenvalue weighted by Crippen LogP contribution is -2.41. The minimum absolute atomic E-state index is 0.378. The monoisotopic (exact) mass is 209 g/mol. The van der Waals surface area contributed by atoms with E-state index in [-0.39, 0.29) is 0 Å². The van der Waals surface area contributed by atoms with E-state index >= 15 is 0 Å². The number of rotatable bonds is 5. The van der Waals surface area contributed by atoms with E-state index in [1.54, 1.807) is 6.92 Å². The van der Waals surface area contributed by atoms with E-state index in [0.717, 1.165) is 5.56 Å². The summed E-state index contributed by atoms with van der Waals surface area (Å²) in [5.74, 6) is -1.05. The van der Waals surface area contributed by atoms with Gasteiger partial charge >= 0.3 is 5.97 Å². The molecule has 0 aliphatic carbocycles. The molecule has 0 radical (unpaired) electrons. The van der Waals surface area contributed by atoms with Crippen molar-refractivity contribution in [3.63, 3.8) is 0 Å². The number of benzene rings is 1. The van der Waals surface area contributed by atoms with Crippen molar-refractivity contribution in [1.82, 2.24) is 0 Å². The fourth-order valence-electron chi connectivity index (χ4n) is 1.11. The molecular formula is C11H15NO3. The Balaban J connectivity index is 2.41. The molecule has 1 aromatic carbocycles. The van der Waals surface area contributed by atoms with Gasteiger partial charge in [0, 0.05) is 0 Å². The van der Waals surface area contributed by atoms with E-state index in [1.807, 2.05) is 30.3 Å². The van der Waals surface area contributed by atoms with Crippen LogP contribution < -0.4 is 5.73 Å². The van der Waals surface area contributed by atoms with E-state index < -0.39 is 18.1 Å². The number of ether oxygens (including phenoxy) is 1. The lowest BCUT2D eigenvalue weighted by atomic mass is 10.2. The second-order valence-corrected chi connectivity index (χ2v) is 3.37. The van der Waals surface area contributed by atoms with Crippen LogP contribution in [0.2, 0.25) is 0 Å². The van der Waals surface area contributed by atoms with Gasteiger partial charge in [-0.1, -0.05) is 30.3 Å². The molecule has 1 rings (SSSR count). The zero-order valence-corrected chi connectivity index (χ0v) is 8.59. The SMILES string of the molecule is CC(OCc1ccccc1)[C@@H](N)C(=O)O. The van der Waals surface area contributed by atoms with Gasteiger partial charge in [-0.3, -0.25) is 4.79 Å². The highest BCUT2D eigenvalue weighted by Gasteiger charge is 2.20. The smallest absolute Gasteiger partial charge is 0.323 e. The molecule has 0 fully saturated rings. The molecule has 1 unspecified atom stereocenters. The van der Waals surface area contributed by atoms with Crippen molar-refractivity contribution >= 4 is 5.97 Å². The van der Waals surface area contributed by atoms with Gasteiger partial charge in [0.15, 0.2) is 0 Å². The van der Waals surface area contributed by atoms with Crippen LogP contribution in [-0.4, -0.2) is 23.2 Å². The Morgan fingerprint density at radius 1 is 1.47 bits per heavy atom. The van der Waals surface area contributed by atoms with Gasteiger partial charge in [-0.25, -0.2) is 0 Å². The number of hydrogen-bond acceptors (Lipinski definition) is 3. The van der Waals surface area contributed by atoms with Gasteiger partial charge in [-0.2, -0.15) is 0 Å². The zero-order valence-electron chi connectivity index (χ0n) is 8.59. The summed E-state index contributed by atoms with van der Waals surface area (Å²) >= 11 is 0. The summed E-state index contributed by atoms with van der Waals surface area (Å²) < 4.78 is 5.35. The lowest BCUT2D eigenvalue weighted by Gasteiger charge is -2.16. The summed E-state index contributed by atoms with van der Waals surface area (Å²) in [6.45, 7) is 2.03. The molecule has 0 aromatic heterocycles. The molecule has 2 atom stereocenters. The van der Waals surface area contributed by atoms with Crippen molar-refractivity contribution in [2.45, 2.75) is 25.7 Å². The van der Waals surface area contributed by atoms with Gasteiger partial charge in [0.25, 0.3) is 0 Å². The highest BCUT2D eigenvalue weighted by molar-refractivity contribution is 5.73. The number of carbonyl (C=O) groups is 1. The quantitative estimate of drug-likeness (QED) is 0.759. The Labute approximate surface area is 88.7 Å². The summed E-state index contributed by atoms with van der Waals surface area (Å²) in [6, 6.07) is 8.57. The van der Waals surface area contributed by atoms with E-state index in [9.17, 15) is 4.79 Å².